The van der Waals surface area contributed by atoms with Crippen LogP contribution in [0.1, 0.15) is 12.8 Å². The van der Waals surface area contributed by atoms with Gasteiger partial charge >= 0.3 is 0 Å². The van der Waals surface area contributed by atoms with Gasteiger partial charge < -0.3 is 9.80 Å². The van der Waals surface area contributed by atoms with Crippen LogP contribution in [-0.4, -0.2) is 57.7 Å². The highest BCUT2D eigenvalue weighted by atomic mass is 32.2. The first-order valence-electron chi connectivity index (χ1n) is 7.10. The molecular formula is C14H21N3O4S. The van der Waals surface area contributed by atoms with Gasteiger partial charge in [-0.2, -0.15) is 0 Å². The van der Waals surface area contributed by atoms with E-state index < -0.39 is 14.8 Å². The SMILES string of the molecule is CN1CCCC(N(C)c2ccc(S(C)(=O)=O)c([N+](=O)[O-])c2)C1. The molecule has 8 heteroatoms. The number of nitrogens with zero attached hydrogens (tertiary/aromatic N) is 3. The van der Waals surface area contributed by atoms with E-state index in [2.05, 4.69) is 11.9 Å². The molecule has 1 saturated heterocycles. The second kappa shape index (κ2) is 6.21. The molecule has 1 aliphatic heterocycles. The minimum atomic E-state index is -3.62. The highest BCUT2D eigenvalue weighted by Crippen LogP contribution is 2.30. The minimum absolute atomic E-state index is 0.240. The predicted molar refractivity (Wildman–Crippen MR) is 85.1 cm³/mol. The van der Waals surface area contributed by atoms with Crippen LogP contribution in [0, 0.1) is 10.1 Å². The molecule has 1 atom stereocenters. The van der Waals surface area contributed by atoms with Gasteiger partial charge in [0.2, 0.25) is 0 Å². The fourth-order valence-corrected chi connectivity index (χ4v) is 3.68. The molecule has 0 aliphatic carbocycles. The number of likely N-dealkylation sites (N-methyl/N-ethyl adjacent to an activating group) is 2. The Morgan fingerprint density at radius 3 is 2.64 bits per heavy atom. The number of likely N-dealkylation sites (tertiary alicyclic amines) is 1. The second-order valence-corrected chi connectivity index (χ2v) is 7.83. The van der Waals surface area contributed by atoms with E-state index in [-0.39, 0.29) is 16.6 Å². The van der Waals surface area contributed by atoms with Gasteiger partial charge in [-0.15, -0.1) is 0 Å². The molecule has 1 heterocycles. The maximum atomic E-state index is 11.7. The van der Waals surface area contributed by atoms with Crippen LogP contribution in [0.25, 0.3) is 0 Å². The molecule has 22 heavy (non-hydrogen) atoms. The second-order valence-electron chi connectivity index (χ2n) is 5.85. The lowest BCUT2D eigenvalue weighted by Crippen LogP contribution is -2.45. The summed E-state index contributed by atoms with van der Waals surface area (Å²) in [6.45, 7) is 1.94. The summed E-state index contributed by atoms with van der Waals surface area (Å²) >= 11 is 0. The molecule has 122 valence electrons. The van der Waals surface area contributed by atoms with Gasteiger partial charge in [-0.25, -0.2) is 8.42 Å². The number of benzene rings is 1. The van der Waals surface area contributed by atoms with Crippen LogP contribution in [-0.2, 0) is 9.84 Å². The Morgan fingerprint density at radius 1 is 1.41 bits per heavy atom. The molecule has 2 rings (SSSR count). The first-order chi connectivity index (χ1) is 10.2. The van der Waals surface area contributed by atoms with Gasteiger partial charge in [0.1, 0.15) is 4.90 Å². The van der Waals surface area contributed by atoms with Crippen molar-refractivity contribution in [3.63, 3.8) is 0 Å². The Kier molecular flexibility index (Phi) is 4.72. The molecule has 0 amide bonds. The number of hydrogen-bond donors (Lipinski definition) is 0. The summed E-state index contributed by atoms with van der Waals surface area (Å²) in [6.07, 6.45) is 3.08. The molecule has 0 spiro atoms. The lowest BCUT2D eigenvalue weighted by molar-refractivity contribution is -0.387. The molecule has 0 aromatic heterocycles. The van der Waals surface area contributed by atoms with E-state index in [1.165, 1.54) is 12.1 Å². The molecule has 0 N–H and O–H groups in total. The van der Waals surface area contributed by atoms with Crippen molar-refractivity contribution >= 4 is 21.2 Å². The summed E-state index contributed by atoms with van der Waals surface area (Å²) in [4.78, 5) is 14.5. The molecule has 1 aromatic carbocycles. The Morgan fingerprint density at radius 2 is 2.09 bits per heavy atom. The van der Waals surface area contributed by atoms with Crippen molar-refractivity contribution in [1.82, 2.24) is 4.90 Å². The van der Waals surface area contributed by atoms with Crippen molar-refractivity contribution in [1.29, 1.82) is 0 Å². The van der Waals surface area contributed by atoms with E-state index >= 15 is 0 Å². The Balaban J connectivity index is 2.36. The number of hydrogen-bond acceptors (Lipinski definition) is 6. The van der Waals surface area contributed by atoms with Crippen LogP contribution >= 0.6 is 0 Å². The molecule has 7 nitrogen and oxygen atoms in total. The normalized spacial score (nSPS) is 19.9. The number of nitro groups is 1. The molecule has 1 fully saturated rings. The number of piperidine rings is 1. The van der Waals surface area contributed by atoms with Crippen molar-refractivity contribution in [3.05, 3.63) is 28.3 Å². The third kappa shape index (κ3) is 3.56. The summed E-state index contributed by atoms with van der Waals surface area (Å²) < 4.78 is 23.3. The molecule has 1 aliphatic rings. The average molecular weight is 327 g/mol. The maximum absolute atomic E-state index is 11.7. The monoisotopic (exact) mass is 327 g/mol. The van der Waals surface area contributed by atoms with E-state index in [0.29, 0.717) is 5.69 Å². The van der Waals surface area contributed by atoms with Crippen molar-refractivity contribution in [2.45, 2.75) is 23.8 Å². The molecule has 0 bridgehead atoms. The van der Waals surface area contributed by atoms with E-state index in [1.54, 1.807) is 6.07 Å². The number of nitro benzene ring substituents is 1. The summed E-state index contributed by atoms with van der Waals surface area (Å²) in [5.41, 5.74) is 0.301. The zero-order valence-corrected chi connectivity index (χ0v) is 13.8. The standard InChI is InChI=1S/C14H21N3O4S/c1-15-8-4-5-12(10-15)16(2)11-6-7-14(22(3,20)21)13(9-11)17(18)19/h6-7,9,12H,4-5,8,10H2,1-3H3. The van der Waals surface area contributed by atoms with Crippen molar-refractivity contribution in [2.75, 3.05) is 38.3 Å². The van der Waals surface area contributed by atoms with E-state index in [4.69, 9.17) is 0 Å². The largest absolute Gasteiger partial charge is 0.370 e. The third-order valence-electron chi connectivity index (χ3n) is 4.09. The maximum Gasteiger partial charge on any atom is 0.290 e. The van der Waals surface area contributed by atoms with Gasteiger partial charge in [0.25, 0.3) is 5.69 Å². The predicted octanol–water partition coefficient (Wildman–Crippen LogP) is 1.53. The van der Waals surface area contributed by atoms with Gasteiger partial charge in [-0.1, -0.05) is 0 Å². The quantitative estimate of drug-likeness (QED) is 0.616. The average Bonchev–Trinajstić information content (AvgIpc) is 2.44. The fraction of sp³-hybridized carbons (Fsp3) is 0.571. The Labute approximate surface area is 130 Å². The summed E-state index contributed by atoms with van der Waals surface area (Å²) in [7, 11) is 0.320. The lowest BCUT2D eigenvalue weighted by Gasteiger charge is -2.37. The zero-order chi connectivity index (χ0) is 16.5. The van der Waals surface area contributed by atoms with E-state index in [1.807, 2.05) is 11.9 Å². The number of rotatable bonds is 4. The molecular weight excluding hydrogens is 306 g/mol. The first-order valence-corrected chi connectivity index (χ1v) is 8.99. The van der Waals surface area contributed by atoms with Crippen LogP contribution in [0.3, 0.4) is 0 Å². The summed E-state index contributed by atoms with van der Waals surface area (Å²) in [5, 5.41) is 11.2. The lowest BCUT2D eigenvalue weighted by atomic mass is 10.0. The zero-order valence-electron chi connectivity index (χ0n) is 13.0. The number of anilines is 1. The summed E-state index contributed by atoms with van der Waals surface area (Å²) in [5.74, 6) is 0. The van der Waals surface area contributed by atoms with Crippen LogP contribution in [0.5, 0.6) is 0 Å². The highest BCUT2D eigenvalue weighted by Gasteiger charge is 2.26. The van der Waals surface area contributed by atoms with Crippen molar-refractivity contribution in [2.24, 2.45) is 0 Å². The van der Waals surface area contributed by atoms with E-state index in [9.17, 15) is 18.5 Å². The minimum Gasteiger partial charge on any atom is -0.370 e. The fourth-order valence-electron chi connectivity index (χ4n) is 2.85. The van der Waals surface area contributed by atoms with Gasteiger partial charge in [0, 0.05) is 37.6 Å². The first kappa shape index (κ1) is 16.7. The van der Waals surface area contributed by atoms with Crippen molar-refractivity contribution < 1.29 is 13.3 Å². The van der Waals surface area contributed by atoms with Gasteiger partial charge in [-0.3, -0.25) is 10.1 Å². The molecule has 0 radical (unpaired) electrons. The summed E-state index contributed by atoms with van der Waals surface area (Å²) in [6, 6.07) is 4.58. The van der Waals surface area contributed by atoms with E-state index in [0.717, 1.165) is 32.2 Å². The topological polar surface area (TPSA) is 83.8 Å². The highest BCUT2D eigenvalue weighted by molar-refractivity contribution is 7.90. The van der Waals surface area contributed by atoms with Gasteiger partial charge in [0.15, 0.2) is 9.84 Å². The van der Waals surface area contributed by atoms with Crippen LogP contribution < -0.4 is 4.90 Å². The third-order valence-corrected chi connectivity index (χ3v) is 5.24. The van der Waals surface area contributed by atoms with Gasteiger partial charge in [-0.05, 0) is 38.6 Å². The van der Waals surface area contributed by atoms with Gasteiger partial charge in [0.05, 0.1) is 4.92 Å². The van der Waals surface area contributed by atoms with Crippen molar-refractivity contribution in [3.8, 4) is 0 Å². The van der Waals surface area contributed by atoms with Crippen LogP contribution in [0.2, 0.25) is 0 Å². The molecule has 1 aromatic rings. The van der Waals surface area contributed by atoms with Crippen LogP contribution in [0.15, 0.2) is 23.1 Å². The Bertz CT molecular complexity index is 675. The number of sulfone groups is 1. The Hall–Kier alpha value is -1.67. The van der Waals surface area contributed by atoms with Crippen LogP contribution in [0.4, 0.5) is 11.4 Å². The molecule has 1 unspecified atom stereocenters. The molecule has 0 saturated carbocycles. The smallest absolute Gasteiger partial charge is 0.290 e.